The molecular weight excluding hydrogens is 216 g/mol. The molecule has 0 unspecified atom stereocenters. The van der Waals surface area contributed by atoms with E-state index in [2.05, 4.69) is 6.92 Å². The van der Waals surface area contributed by atoms with E-state index in [9.17, 15) is 9.90 Å². The third-order valence-corrected chi connectivity index (χ3v) is 2.81. The number of unbranched alkanes of at least 4 members (excludes halogenated alkanes) is 2. The van der Waals surface area contributed by atoms with Gasteiger partial charge in [-0.15, -0.1) is 0 Å². The maximum atomic E-state index is 11.8. The number of rotatable bonds is 4. The average molecular weight is 232 g/mol. The molecule has 0 saturated heterocycles. The van der Waals surface area contributed by atoms with E-state index < -0.39 is 0 Å². The lowest BCUT2D eigenvalue weighted by Gasteiger charge is -2.03. The van der Waals surface area contributed by atoms with Crippen molar-refractivity contribution in [2.45, 2.75) is 32.6 Å². The summed E-state index contributed by atoms with van der Waals surface area (Å²) in [6, 6.07) is 6.37. The van der Waals surface area contributed by atoms with Crippen molar-refractivity contribution in [2.75, 3.05) is 0 Å². The second-order valence-corrected chi connectivity index (χ2v) is 4.18. The summed E-state index contributed by atoms with van der Waals surface area (Å²) in [6.45, 7) is 2.13. The molecule has 3 heteroatoms. The highest BCUT2D eigenvalue weighted by atomic mass is 16.3. The number of benzene rings is 1. The van der Waals surface area contributed by atoms with Crippen molar-refractivity contribution < 1.29 is 9.52 Å². The molecule has 1 aromatic heterocycles. The molecule has 3 nitrogen and oxygen atoms in total. The van der Waals surface area contributed by atoms with Crippen LogP contribution < -0.4 is 5.43 Å². The lowest BCUT2D eigenvalue weighted by atomic mass is 10.1. The molecular formula is C14H16O3. The molecule has 1 heterocycles. The van der Waals surface area contributed by atoms with Crippen LogP contribution in [-0.2, 0) is 6.42 Å². The standard InChI is InChI=1S/C14H16O3/c1-2-3-4-6-10-9-12(16)14-11(15)7-5-8-13(14)17-10/h5,7-9,15H,2-4,6H2,1H3. The van der Waals surface area contributed by atoms with Gasteiger partial charge in [0, 0.05) is 12.5 Å². The largest absolute Gasteiger partial charge is 0.507 e. The smallest absolute Gasteiger partial charge is 0.196 e. The van der Waals surface area contributed by atoms with Gasteiger partial charge in [0.2, 0.25) is 0 Å². The normalized spacial score (nSPS) is 10.9. The third-order valence-electron chi connectivity index (χ3n) is 2.81. The van der Waals surface area contributed by atoms with Crippen LogP contribution in [0.15, 0.2) is 33.5 Å². The highest BCUT2D eigenvalue weighted by Gasteiger charge is 2.08. The highest BCUT2D eigenvalue weighted by molar-refractivity contribution is 5.82. The van der Waals surface area contributed by atoms with E-state index in [0.29, 0.717) is 11.3 Å². The number of aryl methyl sites for hydroxylation is 1. The predicted molar refractivity (Wildman–Crippen MR) is 67.4 cm³/mol. The molecule has 0 radical (unpaired) electrons. The van der Waals surface area contributed by atoms with E-state index in [4.69, 9.17) is 4.42 Å². The predicted octanol–water partition coefficient (Wildman–Crippen LogP) is 3.23. The maximum Gasteiger partial charge on any atom is 0.196 e. The van der Waals surface area contributed by atoms with Gasteiger partial charge in [0.05, 0.1) is 0 Å². The monoisotopic (exact) mass is 232 g/mol. The first-order valence-corrected chi connectivity index (χ1v) is 5.97. The molecule has 0 bridgehead atoms. The van der Waals surface area contributed by atoms with Gasteiger partial charge in [-0.2, -0.15) is 0 Å². The fourth-order valence-corrected chi connectivity index (χ4v) is 1.91. The van der Waals surface area contributed by atoms with Crippen molar-refractivity contribution in [3.8, 4) is 5.75 Å². The van der Waals surface area contributed by atoms with Gasteiger partial charge in [0.25, 0.3) is 0 Å². The summed E-state index contributed by atoms with van der Waals surface area (Å²) in [4.78, 5) is 11.8. The van der Waals surface area contributed by atoms with Crippen LogP contribution in [0.3, 0.4) is 0 Å². The third kappa shape index (κ3) is 2.49. The molecule has 0 atom stereocenters. The molecule has 0 aliphatic carbocycles. The van der Waals surface area contributed by atoms with E-state index in [0.717, 1.165) is 25.7 Å². The molecule has 2 rings (SSSR count). The quantitative estimate of drug-likeness (QED) is 0.823. The van der Waals surface area contributed by atoms with Gasteiger partial charge in [-0.1, -0.05) is 25.8 Å². The first kappa shape index (κ1) is 11.7. The lowest BCUT2D eigenvalue weighted by molar-refractivity contribution is 0.476. The maximum absolute atomic E-state index is 11.8. The van der Waals surface area contributed by atoms with Crippen LogP contribution in [0.25, 0.3) is 11.0 Å². The minimum atomic E-state index is -0.171. The highest BCUT2D eigenvalue weighted by Crippen LogP contribution is 2.22. The lowest BCUT2D eigenvalue weighted by Crippen LogP contribution is -2.02. The molecule has 0 amide bonds. The summed E-state index contributed by atoms with van der Waals surface area (Å²) in [5.41, 5.74) is 0.292. The first-order chi connectivity index (χ1) is 8.22. The average Bonchev–Trinajstić information content (AvgIpc) is 2.29. The molecule has 0 spiro atoms. The van der Waals surface area contributed by atoms with Crippen LogP contribution in [0.4, 0.5) is 0 Å². The molecule has 17 heavy (non-hydrogen) atoms. The van der Waals surface area contributed by atoms with Crippen molar-refractivity contribution in [1.82, 2.24) is 0 Å². The summed E-state index contributed by atoms with van der Waals surface area (Å²) in [7, 11) is 0. The van der Waals surface area contributed by atoms with Gasteiger partial charge >= 0.3 is 0 Å². The molecule has 0 aliphatic heterocycles. The Morgan fingerprint density at radius 2 is 2.12 bits per heavy atom. The molecule has 1 aromatic carbocycles. The Bertz CT molecular complexity index is 569. The van der Waals surface area contributed by atoms with Crippen LogP contribution in [0.1, 0.15) is 31.9 Å². The van der Waals surface area contributed by atoms with Gasteiger partial charge in [-0.3, -0.25) is 4.79 Å². The van der Waals surface area contributed by atoms with E-state index >= 15 is 0 Å². The second-order valence-electron chi connectivity index (χ2n) is 4.18. The Hall–Kier alpha value is -1.77. The number of hydrogen-bond donors (Lipinski definition) is 1. The van der Waals surface area contributed by atoms with Gasteiger partial charge in [0.15, 0.2) is 5.43 Å². The van der Waals surface area contributed by atoms with Gasteiger partial charge < -0.3 is 9.52 Å². The fourth-order valence-electron chi connectivity index (χ4n) is 1.91. The molecule has 2 aromatic rings. The molecule has 0 aliphatic rings. The van der Waals surface area contributed by atoms with Crippen molar-refractivity contribution in [3.63, 3.8) is 0 Å². The van der Waals surface area contributed by atoms with E-state index in [1.807, 2.05) is 0 Å². The zero-order valence-corrected chi connectivity index (χ0v) is 9.90. The summed E-state index contributed by atoms with van der Waals surface area (Å²) in [5, 5.41) is 9.87. The molecule has 0 saturated carbocycles. The van der Waals surface area contributed by atoms with E-state index in [1.54, 1.807) is 12.1 Å². The minimum Gasteiger partial charge on any atom is -0.507 e. The summed E-state index contributed by atoms with van der Waals surface area (Å²) < 4.78 is 5.61. The van der Waals surface area contributed by atoms with E-state index in [1.165, 1.54) is 12.1 Å². The zero-order chi connectivity index (χ0) is 12.3. The second kappa shape index (κ2) is 5.04. The van der Waals surface area contributed by atoms with E-state index in [-0.39, 0.29) is 16.6 Å². The number of hydrogen-bond acceptors (Lipinski definition) is 3. The number of aromatic hydroxyl groups is 1. The Morgan fingerprint density at radius 1 is 1.29 bits per heavy atom. The summed E-state index contributed by atoms with van der Waals surface area (Å²) in [5.74, 6) is 0.679. The zero-order valence-electron chi connectivity index (χ0n) is 9.90. The van der Waals surface area contributed by atoms with Crippen molar-refractivity contribution in [1.29, 1.82) is 0 Å². The van der Waals surface area contributed by atoms with Crippen molar-refractivity contribution >= 4 is 11.0 Å². The van der Waals surface area contributed by atoms with Crippen molar-refractivity contribution in [3.05, 3.63) is 40.2 Å². The summed E-state index contributed by atoms with van der Waals surface area (Å²) >= 11 is 0. The Labute approximate surface area is 99.7 Å². The number of fused-ring (bicyclic) bond motifs is 1. The van der Waals surface area contributed by atoms with Crippen LogP contribution in [0.2, 0.25) is 0 Å². The van der Waals surface area contributed by atoms with Gasteiger partial charge in [-0.25, -0.2) is 0 Å². The Kier molecular flexibility index (Phi) is 3.47. The molecule has 0 fully saturated rings. The Balaban J connectivity index is 2.39. The molecule has 1 N–H and O–H groups in total. The number of phenolic OH excluding ortho intramolecular Hbond substituents is 1. The van der Waals surface area contributed by atoms with Crippen LogP contribution in [0, 0.1) is 0 Å². The van der Waals surface area contributed by atoms with Crippen LogP contribution >= 0.6 is 0 Å². The summed E-state index contributed by atoms with van der Waals surface area (Å²) in [6.07, 6.45) is 4.05. The topological polar surface area (TPSA) is 50.4 Å². The fraction of sp³-hybridized carbons (Fsp3) is 0.357. The SMILES string of the molecule is CCCCCc1cc(=O)c2c(O)cccc2o1. The van der Waals surface area contributed by atoms with Gasteiger partial charge in [-0.05, 0) is 18.6 Å². The van der Waals surface area contributed by atoms with Crippen LogP contribution in [-0.4, -0.2) is 5.11 Å². The number of phenols is 1. The molecule has 90 valence electrons. The Morgan fingerprint density at radius 3 is 2.88 bits per heavy atom. The van der Waals surface area contributed by atoms with Gasteiger partial charge in [0.1, 0.15) is 22.5 Å². The first-order valence-electron chi connectivity index (χ1n) is 5.97. The van der Waals surface area contributed by atoms with Crippen LogP contribution in [0.5, 0.6) is 5.75 Å². The minimum absolute atomic E-state index is 0.0173. The van der Waals surface area contributed by atoms with Crippen molar-refractivity contribution in [2.24, 2.45) is 0 Å².